The maximum atomic E-state index is 11.3. The predicted octanol–water partition coefficient (Wildman–Crippen LogP) is 1.89. The minimum atomic E-state index is 0.152. The molecule has 4 heteroatoms. The number of nitrogens with two attached hydrogens (primary N) is 1. The predicted molar refractivity (Wildman–Crippen MR) is 80.1 cm³/mol. The Hall–Kier alpha value is -0.610. The number of carbonyl (C=O) groups excluding carboxylic acids is 1. The second kappa shape index (κ2) is 11.2. The topological polar surface area (TPSA) is 58.4 Å². The minimum absolute atomic E-state index is 0.152. The van der Waals surface area contributed by atoms with Crippen molar-refractivity contribution in [2.24, 2.45) is 5.73 Å². The fourth-order valence-electron chi connectivity index (χ4n) is 2.58. The van der Waals surface area contributed by atoms with E-state index in [1.807, 2.05) is 0 Å². The van der Waals surface area contributed by atoms with Gasteiger partial charge in [-0.2, -0.15) is 0 Å². The maximum Gasteiger partial charge on any atom is 0.220 e. The molecule has 0 bridgehead atoms. The number of amides is 1. The largest absolute Gasteiger partial charge is 0.356 e. The van der Waals surface area contributed by atoms with E-state index in [4.69, 9.17) is 5.73 Å². The lowest BCUT2D eigenvalue weighted by molar-refractivity contribution is -0.121. The van der Waals surface area contributed by atoms with Gasteiger partial charge in [0, 0.05) is 13.0 Å². The summed E-state index contributed by atoms with van der Waals surface area (Å²) < 4.78 is 0. The number of hydrogen-bond acceptors (Lipinski definition) is 3. The Morgan fingerprint density at radius 1 is 1.00 bits per heavy atom. The van der Waals surface area contributed by atoms with Gasteiger partial charge in [-0.15, -0.1) is 0 Å². The highest BCUT2D eigenvalue weighted by Crippen LogP contribution is 2.10. The highest BCUT2D eigenvalue weighted by atomic mass is 16.1. The highest BCUT2D eigenvalue weighted by molar-refractivity contribution is 5.75. The molecule has 1 aliphatic rings. The van der Waals surface area contributed by atoms with Gasteiger partial charge in [0.1, 0.15) is 0 Å². The van der Waals surface area contributed by atoms with Crippen molar-refractivity contribution in [2.75, 3.05) is 32.7 Å². The van der Waals surface area contributed by atoms with E-state index < -0.39 is 0 Å². The van der Waals surface area contributed by atoms with Crippen LogP contribution in [0, 0.1) is 0 Å². The van der Waals surface area contributed by atoms with Crippen molar-refractivity contribution in [1.29, 1.82) is 0 Å². The van der Waals surface area contributed by atoms with Crippen LogP contribution in [0.3, 0.4) is 0 Å². The van der Waals surface area contributed by atoms with Gasteiger partial charge in [0.25, 0.3) is 0 Å². The van der Waals surface area contributed by atoms with E-state index in [2.05, 4.69) is 10.2 Å². The van der Waals surface area contributed by atoms with Gasteiger partial charge in [0.15, 0.2) is 0 Å². The van der Waals surface area contributed by atoms with Crippen molar-refractivity contribution in [1.82, 2.24) is 10.2 Å². The number of likely N-dealkylation sites (tertiary alicyclic amines) is 1. The fourth-order valence-corrected chi connectivity index (χ4v) is 2.58. The van der Waals surface area contributed by atoms with Crippen LogP contribution in [0.25, 0.3) is 0 Å². The van der Waals surface area contributed by atoms with Gasteiger partial charge in [-0.3, -0.25) is 4.79 Å². The number of unbranched alkanes of at least 4 members (excludes halogenated alkanes) is 3. The van der Waals surface area contributed by atoms with Crippen LogP contribution in [-0.4, -0.2) is 43.5 Å². The third kappa shape index (κ3) is 9.00. The average Bonchev–Trinajstić information content (AvgIpc) is 2.45. The monoisotopic (exact) mass is 269 g/mol. The van der Waals surface area contributed by atoms with Gasteiger partial charge < -0.3 is 16.0 Å². The first-order valence-corrected chi connectivity index (χ1v) is 8.02. The van der Waals surface area contributed by atoms with E-state index in [1.54, 1.807) is 0 Å². The molecular weight excluding hydrogens is 238 g/mol. The van der Waals surface area contributed by atoms with Crippen LogP contribution < -0.4 is 11.1 Å². The molecule has 0 saturated carbocycles. The molecular formula is C15H31N3O. The number of carbonyl (C=O) groups is 1. The molecule has 0 aromatic rings. The Bertz CT molecular complexity index is 227. The van der Waals surface area contributed by atoms with Gasteiger partial charge in [-0.05, 0) is 58.3 Å². The molecule has 0 unspecified atom stereocenters. The van der Waals surface area contributed by atoms with Crippen LogP contribution in [-0.2, 0) is 4.79 Å². The Morgan fingerprint density at radius 2 is 1.74 bits per heavy atom. The third-order valence-electron chi connectivity index (χ3n) is 3.78. The number of piperidine rings is 1. The van der Waals surface area contributed by atoms with Crippen LogP contribution in [0.5, 0.6) is 0 Å². The van der Waals surface area contributed by atoms with Gasteiger partial charge >= 0.3 is 0 Å². The molecule has 0 spiro atoms. The zero-order chi connectivity index (χ0) is 13.8. The molecule has 0 radical (unpaired) electrons. The summed E-state index contributed by atoms with van der Waals surface area (Å²) in [7, 11) is 0. The SMILES string of the molecule is NCCCC(=O)NCCCCCCN1CCCCC1. The molecule has 0 atom stereocenters. The molecule has 1 amide bonds. The molecule has 0 aromatic heterocycles. The van der Waals surface area contributed by atoms with Crippen molar-refractivity contribution >= 4 is 5.91 Å². The second-order valence-electron chi connectivity index (χ2n) is 5.56. The quantitative estimate of drug-likeness (QED) is 0.595. The molecule has 1 rings (SSSR count). The maximum absolute atomic E-state index is 11.3. The van der Waals surface area contributed by atoms with E-state index >= 15 is 0 Å². The molecule has 1 saturated heterocycles. The summed E-state index contributed by atoms with van der Waals surface area (Å²) in [5, 5.41) is 2.95. The van der Waals surface area contributed by atoms with Gasteiger partial charge in [-0.25, -0.2) is 0 Å². The second-order valence-corrected chi connectivity index (χ2v) is 5.56. The lowest BCUT2D eigenvalue weighted by Crippen LogP contribution is -2.30. The smallest absolute Gasteiger partial charge is 0.220 e. The van der Waals surface area contributed by atoms with Crippen molar-refractivity contribution in [3.05, 3.63) is 0 Å². The molecule has 4 nitrogen and oxygen atoms in total. The van der Waals surface area contributed by atoms with Gasteiger partial charge in [-0.1, -0.05) is 19.3 Å². The minimum Gasteiger partial charge on any atom is -0.356 e. The zero-order valence-electron chi connectivity index (χ0n) is 12.3. The molecule has 112 valence electrons. The summed E-state index contributed by atoms with van der Waals surface area (Å²) in [5.41, 5.74) is 5.36. The first-order valence-electron chi connectivity index (χ1n) is 8.02. The number of rotatable bonds is 10. The standard InChI is InChI=1S/C15H31N3O/c16-10-8-9-15(19)17-11-4-1-2-5-12-18-13-6-3-7-14-18/h1-14,16H2,(H,17,19). The molecule has 0 aliphatic carbocycles. The zero-order valence-corrected chi connectivity index (χ0v) is 12.3. The summed E-state index contributed by atoms with van der Waals surface area (Å²) in [5.74, 6) is 0.152. The lowest BCUT2D eigenvalue weighted by Gasteiger charge is -2.26. The first-order chi connectivity index (χ1) is 9.33. The highest BCUT2D eigenvalue weighted by Gasteiger charge is 2.08. The van der Waals surface area contributed by atoms with E-state index in [0.717, 1.165) is 19.4 Å². The summed E-state index contributed by atoms with van der Waals surface area (Å²) in [6.45, 7) is 5.30. The summed E-state index contributed by atoms with van der Waals surface area (Å²) >= 11 is 0. The van der Waals surface area contributed by atoms with Crippen LogP contribution in [0.15, 0.2) is 0 Å². The summed E-state index contributed by atoms with van der Waals surface area (Å²) in [4.78, 5) is 13.9. The van der Waals surface area contributed by atoms with Crippen molar-refractivity contribution in [3.8, 4) is 0 Å². The van der Waals surface area contributed by atoms with Crippen molar-refractivity contribution in [2.45, 2.75) is 57.8 Å². The van der Waals surface area contributed by atoms with Crippen molar-refractivity contribution in [3.63, 3.8) is 0 Å². The Balaban J connectivity index is 1.81. The molecule has 0 aromatic carbocycles. The number of nitrogens with one attached hydrogen (secondary N) is 1. The summed E-state index contributed by atoms with van der Waals surface area (Å²) in [6.07, 6.45) is 10.5. The molecule has 1 aliphatic heterocycles. The number of hydrogen-bond donors (Lipinski definition) is 2. The van der Waals surface area contributed by atoms with Crippen LogP contribution in [0.2, 0.25) is 0 Å². The molecule has 1 fully saturated rings. The average molecular weight is 269 g/mol. The normalized spacial score (nSPS) is 16.5. The Morgan fingerprint density at radius 3 is 2.47 bits per heavy atom. The van der Waals surface area contributed by atoms with E-state index in [-0.39, 0.29) is 5.91 Å². The first kappa shape index (κ1) is 16.4. The third-order valence-corrected chi connectivity index (χ3v) is 3.78. The van der Waals surface area contributed by atoms with E-state index in [1.165, 1.54) is 58.2 Å². The van der Waals surface area contributed by atoms with Crippen LogP contribution >= 0.6 is 0 Å². The Labute approximate surface area is 118 Å². The summed E-state index contributed by atoms with van der Waals surface area (Å²) in [6, 6.07) is 0. The van der Waals surface area contributed by atoms with Crippen LogP contribution in [0.4, 0.5) is 0 Å². The van der Waals surface area contributed by atoms with Gasteiger partial charge in [0.05, 0.1) is 0 Å². The van der Waals surface area contributed by atoms with E-state index in [0.29, 0.717) is 13.0 Å². The van der Waals surface area contributed by atoms with Crippen molar-refractivity contribution < 1.29 is 4.79 Å². The number of nitrogens with zero attached hydrogens (tertiary/aromatic N) is 1. The van der Waals surface area contributed by atoms with E-state index in [9.17, 15) is 4.79 Å². The van der Waals surface area contributed by atoms with Crippen LogP contribution in [0.1, 0.15) is 57.8 Å². The molecule has 1 heterocycles. The molecule has 19 heavy (non-hydrogen) atoms. The van der Waals surface area contributed by atoms with Gasteiger partial charge in [0.2, 0.25) is 5.91 Å². The Kier molecular flexibility index (Phi) is 9.72. The fraction of sp³-hybridized carbons (Fsp3) is 0.933. The lowest BCUT2D eigenvalue weighted by atomic mass is 10.1. The molecule has 3 N–H and O–H groups in total.